The fourth-order valence-electron chi connectivity index (χ4n) is 1.14. The molecule has 1 aromatic carbocycles. The van der Waals surface area contributed by atoms with Crippen LogP contribution in [0.25, 0.3) is 10.1 Å². The van der Waals surface area contributed by atoms with Gasteiger partial charge in [0.25, 0.3) is 0 Å². The molecule has 64 valence electrons. The minimum atomic E-state index is 0.517. The monoisotopic (exact) mass is 271 g/mol. The fraction of sp³-hybridized carbons (Fsp3) is 0. The first-order valence-corrected chi connectivity index (χ1v) is 5.54. The molecule has 0 spiro atoms. The van der Waals surface area contributed by atoms with Crippen molar-refractivity contribution in [3.05, 3.63) is 32.6 Å². The number of nitriles is 1. The zero-order chi connectivity index (χ0) is 9.42. The standard InChI is InChI=1S/C9H3BrClNS/c10-7-3-5(4-12)8(11)9-6(7)1-2-13-9/h1-3H. The van der Waals surface area contributed by atoms with Gasteiger partial charge in [-0.1, -0.05) is 27.5 Å². The van der Waals surface area contributed by atoms with E-state index in [1.165, 1.54) is 0 Å². The maximum absolute atomic E-state index is 8.79. The number of halogens is 2. The topological polar surface area (TPSA) is 23.8 Å². The summed E-state index contributed by atoms with van der Waals surface area (Å²) in [7, 11) is 0. The van der Waals surface area contributed by atoms with E-state index >= 15 is 0 Å². The summed E-state index contributed by atoms with van der Waals surface area (Å²) in [5.74, 6) is 0. The van der Waals surface area contributed by atoms with Gasteiger partial charge in [-0.25, -0.2) is 0 Å². The van der Waals surface area contributed by atoms with Gasteiger partial charge >= 0.3 is 0 Å². The number of hydrogen-bond acceptors (Lipinski definition) is 2. The predicted molar refractivity (Wildman–Crippen MR) is 59.3 cm³/mol. The molecule has 0 saturated carbocycles. The normalized spacial score (nSPS) is 10.2. The molecule has 13 heavy (non-hydrogen) atoms. The van der Waals surface area contributed by atoms with E-state index in [2.05, 4.69) is 22.0 Å². The summed E-state index contributed by atoms with van der Waals surface area (Å²) in [6.45, 7) is 0. The highest BCUT2D eigenvalue weighted by Crippen LogP contribution is 2.36. The third kappa shape index (κ3) is 1.35. The van der Waals surface area contributed by atoms with Crippen LogP contribution in [0.4, 0.5) is 0 Å². The lowest BCUT2D eigenvalue weighted by molar-refractivity contribution is 1.49. The molecule has 1 nitrogen and oxygen atoms in total. The van der Waals surface area contributed by atoms with Crippen molar-refractivity contribution in [1.82, 2.24) is 0 Å². The summed E-state index contributed by atoms with van der Waals surface area (Å²) in [5.41, 5.74) is 0.517. The van der Waals surface area contributed by atoms with Crippen molar-refractivity contribution in [3.8, 4) is 6.07 Å². The van der Waals surface area contributed by atoms with Crippen molar-refractivity contribution in [2.45, 2.75) is 0 Å². The Morgan fingerprint density at radius 1 is 1.54 bits per heavy atom. The van der Waals surface area contributed by atoms with Gasteiger partial charge < -0.3 is 0 Å². The van der Waals surface area contributed by atoms with Gasteiger partial charge in [0.15, 0.2) is 0 Å². The molecule has 1 aromatic heterocycles. The van der Waals surface area contributed by atoms with Crippen molar-refractivity contribution in [1.29, 1.82) is 5.26 Å². The predicted octanol–water partition coefficient (Wildman–Crippen LogP) is 4.19. The number of hydrogen-bond donors (Lipinski definition) is 0. The van der Waals surface area contributed by atoms with E-state index < -0.39 is 0 Å². The third-order valence-corrected chi connectivity index (χ3v) is 3.84. The lowest BCUT2D eigenvalue weighted by Crippen LogP contribution is -1.78. The largest absolute Gasteiger partial charge is 0.192 e. The first-order chi connectivity index (χ1) is 6.24. The second-order valence-electron chi connectivity index (χ2n) is 2.50. The van der Waals surface area contributed by atoms with Gasteiger partial charge in [0, 0.05) is 9.86 Å². The van der Waals surface area contributed by atoms with E-state index in [1.807, 2.05) is 11.4 Å². The van der Waals surface area contributed by atoms with E-state index in [1.54, 1.807) is 17.4 Å². The Bertz CT molecular complexity index is 512. The Hall–Kier alpha value is -0.560. The van der Waals surface area contributed by atoms with Gasteiger partial charge in [-0.15, -0.1) is 11.3 Å². The van der Waals surface area contributed by atoms with E-state index in [0.29, 0.717) is 10.6 Å². The first-order valence-electron chi connectivity index (χ1n) is 3.49. The van der Waals surface area contributed by atoms with Crippen LogP contribution in [-0.2, 0) is 0 Å². The maximum atomic E-state index is 8.79. The van der Waals surface area contributed by atoms with Crippen LogP contribution < -0.4 is 0 Å². The van der Waals surface area contributed by atoms with E-state index in [0.717, 1.165) is 14.6 Å². The summed E-state index contributed by atoms with van der Waals surface area (Å²) < 4.78 is 1.89. The van der Waals surface area contributed by atoms with E-state index in [4.69, 9.17) is 16.9 Å². The summed E-state index contributed by atoms with van der Waals surface area (Å²) in [6.07, 6.45) is 0. The number of benzene rings is 1. The average Bonchev–Trinajstić information content (AvgIpc) is 2.60. The quantitative estimate of drug-likeness (QED) is 0.705. The van der Waals surface area contributed by atoms with Crippen LogP contribution >= 0.6 is 38.9 Å². The summed E-state index contributed by atoms with van der Waals surface area (Å²) in [6, 6.07) is 5.79. The van der Waals surface area contributed by atoms with Crippen LogP contribution in [0, 0.1) is 11.3 Å². The van der Waals surface area contributed by atoms with Crippen LogP contribution in [0.3, 0.4) is 0 Å². The maximum Gasteiger partial charge on any atom is 0.101 e. The second-order valence-corrected chi connectivity index (χ2v) is 4.64. The third-order valence-electron chi connectivity index (χ3n) is 1.75. The molecule has 0 atom stereocenters. The molecule has 0 N–H and O–H groups in total. The van der Waals surface area contributed by atoms with Crippen molar-refractivity contribution >= 4 is 49.0 Å². The summed E-state index contributed by atoms with van der Waals surface area (Å²) in [5, 5.41) is 12.4. The summed E-state index contributed by atoms with van der Waals surface area (Å²) >= 11 is 11.0. The number of rotatable bonds is 0. The molecule has 0 radical (unpaired) electrons. The Morgan fingerprint density at radius 2 is 2.31 bits per heavy atom. The molecule has 1 heterocycles. The average molecular weight is 273 g/mol. The fourth-order valence-corrected chi connectivity index (χ4v) is 3.02. The van der Waals surface area contributed by atoms with Gasteiger partial charge in [-0.2, -0.15) is 5.26 Å². The molecular weight excluding hydrogens is 270 g/mol. The molecular formula is C9H3BrClNS. The van der Waals surface area contributed by atoms with Gasteiger partial charge in [-0.3, -0.25) is 0 Å². The number of fused-ring (bicyclic) bond motifs is 1. The zero-order valence-electron chi connectivity index (χ0n) is 6.34. The van der Waals surface area contributed by atoms with Crippen LogP contribution in [0.1, 0.15) is 5.56 Å². The molecule has 0 bridgehead atoms. The number of nitrogens with zero attached hydrogens (tertiary/aromatic N) is 1. The minimum Gasteiger partial charge on any atom is -0.192 e. The molecule has 2 rings (SSSR count). The minimum absolute atomic E-state index is 0.517. The van der Waals surface area contributed by atoms with Crippen molar-refractivity contribution in [3.63, 3.8) is 0 Å². The van der Waals surface area contributed by atoms with Crippen molar-refractivity contribution < 1.29 is 0 Å². The second kappa shape index (κ2) is 3.30. The van der Waals surface area contributed by atoms with Crippen molar-refractivity contribution in [2.24, 2.45) is 0 Å². The Labute approximate surface area is 92.7 Å². The van der Waals surface area contributed by atoms with Gasteiger partial charge in [0.05, 0.1) is 15.3 Å². The van der Waals surface area contributed by atoms with Crippen LogP contribution in [0.15, 0.2) is 22.0 Å². The Balaban J connectivity index is 2.95. The highest BCUT2D eigenvalue weighted by atomic mass is 79.9. The SMILES string of the molecule is N#Cc1cc(Br)c2ccsc2c1Cl. The molecule has 0 amide bonds. The first kappa shape index (κ1) is 9.01. The van der Waals surface area contributed by atoms with Crippen molar-refractivity contribution in [2.75, 3.05) is 0 Å². The van der Waals surface area contributed by atoms with Crippen LogP contribution in [0.5, 0.6) is 0 Å². The molecule has 0 unspecified atom stereocenters. The Morgan fingerprint density at radius 3 is 3.00 bits per heavy atom. The lowest BCUT2D eigenvalue weighted by Gasteiger charge is -1.98. The van der Waals surface area contributed by atoms with Gasteiger partial charge in [-0.05, 0) is 17.5 Å². The molecule has 0 fully saturated rings. The molecule has 0 saturated heterocycles. The highest BCUT2D eigenvalue weighted by molar-refractivity contribution is 9.10. The Kier molecular flexibility index (Phi) is 2.29. The lowest BCUT2D eigenvalue weighted by atomic mass is 10.2. The highest BCUT2D eigenvalue weighted by Gasteiger charge is 2.09. The van der Waals surface area contributed by atoms with Crippen LogP contribution in [0.2, 0.25) is 5.02 Å². The molecule has 0 aliphatic heterocycles. The van der Waals surface area contributed by atoms with E-state index in [9.17, 15) is 0 Å². The molecule has 2 aromatic rings. The summed E-state index contributed by atoms with van der Waals surface area (Å²) in [4.78, 5) is 0. The number of thiophene rings is 1. The van der Waals surface area contributed by atoms with Gasteiger partial charge in [0.1, 0.15) is 6.07 Å². The van der Waals surface area contributed by atoms with Crippen LogP contribution in [-0.4, -0.2) is 0 Å². The zero-order valence-corrected chi connectivity index (χ0v) is 9.50. The molecule has 0 aliphatic rings. The smallest absolute Gasteiger partial charge is 0.101 e. The molecule has 4 heteroatoms. The molecule has 0 aliphatic carbocycles. The van der Waals surface area contributed by atoms with Gasteiger partial charge in [0.2, 0.25) is 0 Å². The van der Waals surface area contributed by atoms with E-state index in [-0.39, 0.29) is 0 Å².